The van der Waals surface area contributed by atoms with E-state index in [4.69, 9.17) is 5.73 Å². The number of anilines is 3. The van der Waals surface area contributed by atoms with Gasteiger partial charge in [0, 0.05) is 5.69 Å². The van der Waals surface area contributed by atoms with Gasteiger partial charge < -0.3 is 11.1 Å². The largest absolute Gasteiger partial charge is 0.397 e. The molecule has 3 nitrogen and oxygen atoms in total. The summed E-state index contributed by atoms with van der Waals surface area (Å²) >= 11 is 0. The maximum atomic E-state index is 5.71. The summed E-state index contributed by atoms with van der Waals surface area (Å²) in [6, 6.07) is 10.1. The number of nitrogens with two attached hydrogens (primary N) is 1. The fourth-order valence-electron chi connectivity index (χ4n) is 1.42. The minimum Gasteiger partial charge on any atom is -0.397 e. The average Bonchev–Trinajstić information content (AvgIpc) is 2.27. The molecule has 2 aromatic rings. The second kappa shape index (κ2) is 4.23. The summed E-state index contributed by atoms with van der Waals surface area (Å²) in [5.74, 6) is 0.815. The van der Waals surface area contributed by atoms with Crippen LogP contribution < -0.4 is 11.1 Å². The topological polar surface area (TPSA) is 50.9 Å². The second-order valence-corrected chi connectivity index (χ2v) is 3.92. The molecule has 0 amide bonds. The van der Waals surface area contributed by atoms with Gasteiger partial charge in [-0.05, 0) is 37.6 Å². The van der Waals surface area contributed by atoms with Gasteiger partial charge in [0.05, 0.1) is 11.9 Å². The van der Waals surface area contributed by atoms with Gasteiger partial charge in [0.2, 0.25) is 0 Å². The van der Waals surface area contributed by atoms with E-state index >= 15 is 0 Å². The van der Waals surface area contributed by atoms with Crippen molar-refractivity contribution >= 4 is 17.2 Å². The van der Waals surface area contributed by atoms with Crippen LogP contribution in [-0.2, 0) is 0 Å². The van der Waals surface area contributed by atoms with Crippen LogP contribution in [0.2, 0.25) is 0 Å². The van der Waals surface area contributed by atoms with Crippen LogP contribution in [0.15, 0.2) is 36.5 Å². The lowest BCUT2D eigenvalue weighted by Gasteiger charge is -2.07. The first kappa shape index (κ1) is 10.5. The van der Waals surface area contributed by atoms with Gasteiger partial charge in [0.1, 0.15) is 5.82 Å². The van der Waals surface area contributed by atoms with E-state index in [0.717, 1.165) is 22.8 Å². The molecule has 0 fully saturated rings. The molecule has 3 N–H and O–H groups in total. The molecular weight excluding hydrogens is 198 g/mol. The Balaban J connectivity index is 2.20. The molecule has 2 rings (SSSR count). The minimum atomic E-state index is 0.717. The number of nitrogens with one attached hydrogen (secondary N) is 1. The number of hydrogen-bond acceptors (Lipinski definition) is 3. The van der Waals surface area contributed by atoms with Crippen LogP contribution in [0.5, 0.6) is 0 Å². The van der Waals surface area contributed by atoms with E-state index in [1.165, 1.54) is 5.56 Å². The molecule has 82 valence electrons. The molecule has 1 aromatic heterocycles. The number of rotatable bonds is 2. The lowest BCUT2D eigenvalue weighted by Crippen LogP contribution is -1.97. The van der Waals surface area contributed by atoms with Crippen LogP contribution in [-0.4, -0.2) is 4.98 Å². The summed E-state index contributed by atoms with van der Waals surface area (Å²) in [7, 11) is 0. The van der Waals surface area contributed by atoms with Crippen LogP contribution in [0.1, 0.15) is 11.1 Å². The van der Waals surface area contributed by atoms with Gasteiger partial charge in [-0.2, -0.15) is 0 Å². The number of pyridine rings is 1. The second-order valence-electron chi connectivity index (χ2n) is 3.92. The van der Waals surface area contributed by atoms with Gasteiger partial charge in [0.15, 0.2) is 0 Å². The van der Waals surface area contributed by atoms with Gasteiger partial charge in [-0.25, -0.2) is 4.98 Å². The zero-order valence-electron chi connectivity index (χ0n) is 9.49. The summed E-state index contributed by atoms with van der Waals surface area (Å²) in [6.07, 6.45) is 1.67. The fraction of sp³-hybridized carbons (Fsp3) is 0.154. The van der Waals surface area contributed by atoms with Gasteiger partial charge in [-0.15, -0.1) is 0 Å². The van der Waals surface area contributed by atoms with Crippen molar-refractivity contribution < 1.29 is 0 Å². The summed E-state index contributed by atoms with van der Waals surface area (Å²) < 4.78 is 0. The van der Waals surface area contributed by atoms with Crippen molar-refractivity contribution in [3.63, 3.8) is 0 Å². The summed E-state index contributed by atoms with van der Waals surface area (Å²) in [6.45, 7) is 4.03. The molecule has 0 saturated heterocycles. The average molecular weight is 213 g/mol. The molecule has 0 spiro atoms. The van der Waals surface area contributed by atoms with E-state index in [0.29, 0.717) is 0 Å². The molecule has 1 heterocycles. The lowest BCUT2D eigenvalue weighted by atomic mass is 10.2. The summed E-state index contributed by atoms with van der Waals surface area (Å²) in [5.41, 5.74) is 9.73. The maximum Gasteiger partial charge on any atom is 0.130 e. The zero-order chi connectivity index (χ0) is 11.5. The van der Waals surface area contributed by atoms with Crippen molar-refractivity contribution in [2.24, 2.45) is 0 Å². The lowest BCUT2D eigenvalue weighted by molar-refractivity contribution is 1.28. The first-order chi connectivity index (χ1) is 7.65. The number of benzene rings is 1. The fourth-order valence-corrected chi connectivity index (χ4v) is 1.42. The highest BCUT2D eigenvalue weighted by atomic mass is 15.0. The number of nitrogens with zero attached hydrogens (tertiary/aromatic N) is 1. The summed E-state index contributed by atoms with van der Waals surface area (Å²) in [4.78, 5) is 4.22. The van der Waals surface area contributed by atoms with Gasteiger partial charge in [-0.3, -0.25) is 0 Å². The number of hydrogen-bond donors (Lipinski definition) is 2. The Morgan fingerprint density at radius 1 is 1.12 bits per heavy atom. The van der Waals surface area contributed by atoms with Crippen LogP contribution in [0.4, 0.5) is 17.2 Å². The monoisotopic (exact) mass is 213 g/mol. The van der Waals surface area contributed by atoms with Crippen LogP contribution in [0.25, 0.3) is 0 Å². The highest BCUT2D eigenvalue weighted by molar-refractivity contribution is 5.59. The normalized spacial score (nSPS) is 10.1. The van der Waals surface area contributed by atoms with Crippen molar-refractivity contribution in [3.8, 4) is 0 Å². The number of nitrogen functional groups attached to an aromatic ring is 1. The maximum absolute atomic E-state index is 5.71. The first-order valence-corrected chi connectivity index (χ1v) is 5.21. The van der Waals surface area contributed by atoms with Crippen molar-refractivity contribution in [3.05, 3.63) is 47.7 Å². The Bertz CT molecular complexity index is 489. The van der Waals surface area contributed by atoms with Gasteiger partial charge in [-0.1, -0.05) is 17.7 Å². The molecule has 1 aromatic carbocycles. The number of aromatic nitrogens is 1. The molecule has 0 bridgehead atoms. The van der Waals surface area contributed by atoms with E-state index in [9.17, 15) is 0 Å². The third kappa shape index (κ3) is 2.31. The Hall–Kier alpha value is -2.03. The Labute approximate surface area is 95.3 Å². The minimum absolute atomic E-state index is 0.717. The van der Waals surface area contributed by atoms with Crippen LogP contribution in [0.3, 0.4) is 0 Å². The highest BCUT2D eigenvalue weighted by Crippen LogP contribution is 2.18. The van der Waals surface area contributed by atoms with Crippen molar-refractivity contribution in [1.29, 1.82) is 0 Å². The Morgan fingerprint density at radius 3 is 2.44 bits per heavy atom. The molecule has 16 heavy (non-hydrogen) atoms. The van der Waals surface area contributed by atoms with Gasteiger partial charge >= 0.3 is 0 Å². The van der Waals surface area contributed by atoms with Crippen molar-refractivity contribution in [1.82, 2.24) is 4.98 Å². The van der Waals surface area contributed by atoms with Crippen LogP contribution >= 0.6 is 0 Å². The third-order valence-corrected chi connectivity index (χ3v) is 2.48. The molecule has 0 aliphatic rings. The first-order valence-electron chi connectivity index (χ1n) is 5.21. The third-order valence-electron chi connectivity index (χ3n) is 2.48. The number of aryl methyl sites for hydroxylation is 2. The smallest absolute Gasteiger partial charge is 0.130 e. The Morgan fingerprint density at radius 2 is 1.81 bits per heavy atom. The van der Waals surface area contributed by atoms with E-state index in [2.05, 4.69) is 29.4 Å². The predicted molar refractivity (Wildman–Crippen MR) is 67.8 cm³/mol. The quantitative estimate of drug-likeness (QED) is 0.806. The van der Waals surface area contributed by atoms with Crippen molar-refractivity contribution in [2.75, 3.05) is 11.1 Å². The molecular formula is C13H15N3. The molecule has 0 atom stereocenters. The summed E-state index contributed by atoms with van der Waals surface area (Å²) in [5, 5.41) is 3.23. The van der Waals surface area contributed by atoms with Gasteiger partial charge in [0.25, 0.3) is 0 Å². The van der Waals surface area contributed by atoms with E-state index < -0.39 is 0 Å². The van der Waals surface area contributed by atoms with E-state index in [1.54, 1.807) is 6.20 Å². The van der Waals surface area contributed by atoms with E-state index in [-0.39, 0.29) is 0 Å². The van der Waals surface area contributed by atoms with E-state index in [1.807, 2.05) is 25.1 Å². The standard InChI is InChI=1S/C13H15N3/c1-9-3-5-11(6-4-9)16-13-7-10(2)12(14)8-15-13/h3-8H,14H2,1-2H3,(H,15,16). The zero-order valence-corrected chi connectivity index (χ0v) is 9.49. The molecule has 0 unspecified atom stereocenters. The SMILES string of the molecule is Cc1ccc(Nc2cc(C)c(N)cn2)cc1. The molecule has 0 aliphatic heterocycles. The molecule has 0 radical (unpaired) electrons. The predicted octanol–water partition coefficient (Wildman–Crippen LogP) is 3.02. The van der Waals surface area contributed by atoms with Crippen LogP contribution in [0, 0.1) is 13.8 Å². The Kier molecular flexibility index (Phi) is 2.77. The molecule has 3 heteroatoms. The van der Waals surface area contributed by atoms with Crippen molar-refractivity contribution in [2.45, 2.75) is 13.8 Å². The molecule has 0 saturated carbocycles. The highest BCUT2D eigenvalue weighted by Gasteiger charge is 1.98. The molecule has 0 aliphatic carbocycles.